The van der Waals surface area contributed by atoms with Crippen LogP contribution in [0.25, 0.3) is 0 Å². The SMILES string of the molecule is CN=C(NCc1ccc(S(C)(=O)=O)c(C)c1)NCc1ccc(OC)c(C(=O)OC)c1. The summed E-state index contributed by atoms with van der Waals surface area (Å²) in [7, 11) is 1.23. The predicted octanol–water partition coefficient (Wildman–Crippen LogP) is 2.06. The maximum absolute atomic E-state index is 11.9. The Kier molecular flexibility index (Phi) is 7.82. The summed E-state index contributed by atoms with van der Waals surface area (Å²) < 4.78 is 33.5. The van der Waals surface area contributed by atoms with Crippen LogP contribution in [0.4, 0.5) is 0 Å². The van der Waals surface area contributed by atoms with E-state index < -0.39 is 15.8 Å². The van der Waals surface area contributed by atoms with Gasteiger partial charge in [0.2, 0.25) is 0 Å². The first-order valence-corrected chi connectivity index (χ1v) is 11.1. The molecule has 30 heavy (non-hydrogen) atoms. The second kappa shape index (κ2) is 10.1. The van der Waals surface area contributed by atoms with Crippen LogP contribution in [0.3, 0.4) is 0 Å². The van der Waals surface area contributed by atoms with Crippen LogP contribution in [-0.2, 0) is 27.7 Å². The fraction of sp³-hybridized carbons (Fsp3) is 0.333. The maximum atomic E-state index is 11.9. The Morgan fingerprint density at radius 3 is 2.13 bits per heavy atom. The van der Waals surface area contributed by atoms with Gasteiger partial charge in [0, 0.05) is 26.4 Å². The van der Waals surface area contributed by atoms with Crippen molar-refractivity contribution in [3.63, 3.8) is 0 Å². The standard InChI is InChI=1S/C21H27N3O5S/c1-14-10-15(7-9-19(14)30(5,26)27)12-23-21(22-2)24-13-16-6-8-18(28-3)17(11-16)20(25)29-4/h6-11H,12-13H2,1-5H3,(H2,22,23,24). The molecule has 0 saturated heterocycles. The van der Waals surface area contributed by atoms with Gasteiger partial charge in [0.1, 0.15) is 11.3 Å². The van der Waals surface area contributed by atoms with Crippen LogP contribution >= 0.6 is 0 Å². The molecule has 0 heterocycles. The van der Waals surface area contributed by atoms with E-state index in [4.69, 9.17) is 9.47 Å². The number of methoxy groups -OCH3 is 2. The number of hydrogen-bond acceptors (Lipinski definition) is 6. The molecule has 0 spiro atoms. The first kappa shape index (κ1) is 23.2. The van der Waals surface area contributed by atoms with E-state index >= 15 is 0 Å². The lowest BCUT2D eigenvalue weighted by Crippen LogP contribution is -2.36. The number of rotatable bonds is 7. The summed E-state index contributed by atoms with van der Waals surface area (Å²) in [5.74, 6) is 0.542. The number of aryl methyl sites for hydroxylation is 1. The minimum atomic E-state index is -3.24. The molecule has 2 aromatic rings. The van der Waals surface area contributed by atoms with Crippen LogP contribution in [0.15, 0.2) is 46.3 Å². The fourth-order valence-corrected chi connectivity index (χ4v) is 3.92. The highest BCUT2D eigenvalue weighted by Gasteiger charge is 2.14. The zero-order valence-electron chi connectivity index (χ0n) is 17.8. The number of guanidine groups is 1. The van der Waals surface area contributed by atoms with Crippen molar-refractivity contribution in [1.29, 1.82) is 0 Å². The Bertz CT molecular complexity index is 1050. The summed E-state index contributed by atoms with van der Waals surface area (Å²) in [6, 6.07) is 10.5. The molecule has 0 radical (unpaired) electrons. The molecule has 8 nitrogen and oxygen atoms in total. The average Bonchev–Trinajstić information content (AvgIpc) is 2.72. The van der Waals surface area contributed by atoms with Crippen LogP contribution in [0.1, 0.15) is 27.0 Å². The third-order valence-electron chi connectivity index (χ3n) is 4.45. The molecule has 0 aliphatic carbocycles. The zero-order chi connectivity index (χ0) is 22.3. The third-order valence-corrected chi connectivity index (χ3v) is 5.71. The molecule has 0 fully saturated rings. The van der Waals surface area contributed by atoms with E-state index in [1.54, 1.807) is 38.2 Å². The number of hydrogen-bond donors (Lipinski definition) is 2. The summed E-state index contributed by atoms with van der Waals surface area (Å²) in [6.07, 6.45) is 1.20. The van der Waals surface area contributed by atoms with Crippen LogP contribution in [-0.4, -0.2) is 47.9 Å². The van der Waals surface area contributed by atoms with Gasteiger partial charge in [0.05, 0.1) is 19.1 Å². The third kappa shape index (κ3) is 5.96. The quantitative estimate of drug-likeness (QED) is 0.391. The Hall–Kier alpha value is -3.07. The summed E-state index contributed by atoms with van der Waals surface area (Å²) in [5, 5.41) is 6.36. The number of esters is 1. The van der Waals surface area contributed by atoms with Crippen LogP contribution < -0.4 is 15.4 Å². The van der Waals surface area contributed by atoms with E-state index in [-0.39, 0.29) is 0 Å². The van der Waals surface area contributed by atoms with Gasteiger partial charge in [-0.25, -0.2) is 13.2 Å². The molecule has 2 aromatic carbocycles. The van der Waals surface area contributed by atoms with Crippen molar-refractivity contribution in [2.75, 3.05) is 27.5 Å². The molecule has 0 aromatic heterocycles. The van der Waals surface area contributed by atoms with Gasteiger partial charge in [-0.2, -0.15) is 0 Å². The topological polar surface area (TPSA) is 106 Å². The van der Waals surface area contributed by atoms with Gasteiger partial charge in [-0.05, 0) is 41.8 Å². The molecular formula is C21H27N3O5S. The summed E-state index contributed by atoms with van der Waals surface area (Å²) in [5.41, 5.74) is 2.84. The van der Waals surface area contributed by atoms with Crippen LogP contribution in [0, 0.1) is 6.92 Å². The Balaban J connectivity index is 2.02. The highest BCUT2D eigenvalue weighted by atomic mass is 32.2. The predicted molar refractivity (Wildman–Crippen MR) is 116 cm³/mol. The van der Waals surface area contributed by atoms with E-state index in [0.717, 1.165) is 11.1 Å². The maximum Gasteiger partial charge on any atom is 0.341 e. The van der Waals surface area contributed by atoms with Gasteiger partial charge in [-0.1, -0.05) is 18.2 Å². The fourth-order valence-electron chi connectivity index (χ4n) is 2.96. The van der Waals surface area contributed by atoms with Crippen molar-refractivity contribution < 1.29 is 22.7 Å². The molecule has 0 bridgehead atoms. The van der Waals surface area contributed by atoms with E-state index in [2.05, 4.69) is 15.6 Å². The van der Waals surface area contributed by atoms with Crippen molar-refractivity contribution in [3.05, 3.63) is 58.7 Å². The number of nitrogens with zero attached hydrogens (tertiary/aromatic N) is 1. The van der Waals surface area contributed by atoms with E-state index in [0.29, 0.717) is 40.8 Å². The number of sulfone groups is 1. The van der Waals surface area contributed by atoms with Gasteiger partial charge in [-0.15, -0.1) is 0 Å². The van der Waals surface area contributed by atoms with Gasteiger partial charge < -0.3 is 20.1 Å². The molecular weight excluding hydrogens is 406 g/mol. The molecule has 2 rings (SSSR count). The Morgan fingerprint density at radius 2 is 1.63 bits per heavy atom. The average molecular weight is 434 g/mol. The lowest BCUT2D eigenvalue weighted by Gasteiger charge is -2.14. The summed E-state index contributed by atoms with van der Waals surface area (Å²) >= 11 is 0. The van der Waals surface area contributed by atoms with E-state index in [1.807, 2.05) is 12.1 Å². The molecule has 0 saturated carbocycles. The second-order valence-electron chi connectivity index (χ2n) is 6.68. The minimum Gasteiger partial charge on any atom is -0.496 e. The molecule has 0 atom stereocenters. The number of aliphatic imine (C=N–C) groups is 1. The Labute approximate surface area is 177 Å². The number of carbonyl (C=O) groups excluding carboxylic acids is 1. The number of carbonyl (C=O) groups is 1. The van der Waals surface area contributed by atoms with Crippen molar-refractivity contribution in [1.82, 2.24) is 10.6 Å². The molecule has 2 N–H and O–H groups in total. The van der Waals surface area contributed by atoms with E-state index in [1.165, 1.54) is 20.5 Å². The number of nitrogens with one attached hydrogen (secondary N) is 2. The first-order valence-electron chi connectivity index (χ1n) is 9.19. The van der Waals surface area contributed by atoms with Crippen molar-refractivity contribution >= 4 is 21.8 Å². The van der Waals surface area contributed by atoms with Crippen LogP contribution in [0.5, 0.6) is 5.75 Å². The molecule has 0 aliphatic rings. The van der Waals surface area contributed by atoms with Crippen molar-refractivity contribution in [2.24, 2.45) is 4.99 Å². The smallest absolute Gasteiger partial charge is 0.341 e. The Morgan fingerprint density at radius 1 is 1.03 bits per heavy atom. The molecule has 162 valence electrons. The van der Waals surface area contributed by atoms with E-state index in [9.17, 15) is 13.2 Å². The lowest BCUT2D eigenvalue weighted by molar-refractivity contribution is 0.0597. The highest BCUT2D eigenvalue weighted by Crippen LogP contribution is 2.21. The van der Waals surface area contributed by atoms with Gasteiger partial charge in [0.15, 0.2) is 15.8 Å². The van der Waals surface area contributed by atoms with Crippen molar-refractivity contribution in [2.45, 2.75) is 24.9 Å². The van der Waals surface area contributed by atoms with Gasteiger partial charge in [-0.3, -0.25) is 4.99 Å². The van der Waals surface area contributed by atoms with Gasteiger partial charge in [0.25, 0.3) is 0 Å². The molecule has 0 aliphatic heterocycles. The van der Waals surface area contributed by atoms with Crippen molar-refractivity contribution in [3.8, 4) is 5.75 Å². The molecule has 0 amide bonds. The molecule has 0 unspecified atom stereocenters. The number of ether oxygens (including phenoxy) is 2. The largest absolute Gasteiger partial charge is 0.496 e. The second-order valence-corrected chi connectivity index (χ2v) is 8.66. The number of benzene rings is 2. The first-order chi connectivity index (χ1) is 14.2. The molecule has 9 heteroatoms. The highest BCUT2D eigenvalue weighted by molar-refractivity contribution is 7.90. The van der Waals surface area contributed by atoms with Gasteiger partial charge >= 0.3 is 5.97 Å². The monoisotopic (exact) mass is 433 g/mol. The summed E-state index contributed by atoms with van der Waals surface area (Å²) in [4.78, 5) is 16.4. The minimum absolute atomic E-state index is 0.328. The lowest BCUT2D eigenvalue weighted by atomic mass is 10.1. The normalized spacial score (nSPS) is 11.7. The van der Waals surface area contributed by atoms with Crippen LogP contribution in [0.2, 0.25) is 0 Å². The summed E-state index contributed by atoms with van der Waals surface area (Å²) in [6.45, 7) is 2.68. The zero-order valence-corrected chi connectivity index (χ0v) is 18.6.